The summed E-state index contributed by atoms with van der Waals surface area (Å²) < 4.78 is 39.2. The summed E-state index contributed by atoms with van der Waals surface area (Å²) in [6.45, 7) is 5.65. The molecule has 2 aromatic rings. The van der Waals surface area contributed by atoms with Gasteiger partial charge in [-0.15, -0.1) is 0 Å². The summed E-state index contributed by atoms with van der Waals surface area (Å²) in [5, 5.41) is 2.76. The van der Waals surface area contributed by atoms with Gasteiger partial charge in [-0.3, -0.25) is 9.10 Å². The number of hydrogen-bond donors (Lipinski definition) is 1. The molecule has 1 atom stereocenters. The molecule has 0 unspecified atom stereocenters. The number of carbonyl (C=O) groups is 1. The lowest BCUT2D eigenvalue weighted by atomic mass is 10.1. The number of aryl methyl sites for hydroxylation is 2. The average molecular weight is 392 g/mol. The molecule has 7 heteroatoms. The maximum atomic E-state index is 13.0. The number of sulfonamides is 1. The van der Waals surface area contributed by atoms with Gasteiger partial charge in [0.05, 0.1) is 11.9 Å². The molecule has 2 aromatic carbocycles. The first kappa shape index (κ1) is 20.9. The Morgan fingerprint density at radius 3 is 2.33 bits per heavy atom. The van der Waals surface area contributed by atoms with Crippen molar-refractivity contribution in [2.45, 2.75) is 39.8 Å². The van der Waals surface area contributed by atoms with Gasteiger partial charge in [0, 0.05) is 6.54 Å². The fraction of sp³-hybridized carbons (Fsp3) is 0.350. The van der Waals surface area contributed by atoms with Crippen molar-refractivity contribution in [3.8, 4) is 0 Å². The highest BCUT2D eigenvalue weighted by molar-refractivity contribution is 7.92. The number of nitrogens with one attached hydrogen (secondary N) is 1. The van der Waals surface area contributed by atoms with Crippen LogP contribution in [-0.2, 0) is 21.4 Å². The molecule has 146 valence electrons. The largest absolute Gasteiger partial charge is 0.350 e. The van der Waals surface area contributed by atoms with Crippen molar-refractivity contribution in [3.05, 3.63) is 65.0 Å². The third kappa shape index (κ3) is 5.29. The van der Waals surface area contributed by atoms with E-state index in [0.717, 1.165) is 22.9 Å². The lowest BCUT2D eigenvalue weighted by molar-refractivity contribution is -0.122. The third-order valence-electron chi connectivity index (χ3n) is 4.31. The van der Waals surface area contributed by atoms with E-state index in [9.17, 15) is 17.6 Å². The van der Waals surface area contributed by atoms with Crippen LogP contribution in [0.3, 0.4) is 0 Å². The standard InChI is InChI=1S/C20H25FN2O3S/c1-5-18(20(24)22-13-16-8-10-17(21)11-9-16)23(27(4,25)26)19-12-14(2)6-7-15(19)3/h6-12,18H,5,13H2,1-4H3,(H,22,24)/t18-/m0/s1. The van der Waals surface area contributed by atoms with E-state index in [1.807, 2.05) is 26.0 Å². The lowest BCUT2D eigenvalue weighted by Gasteiger charge is -2.31. The highest BCUT2D eigenvalue weighted by Crippen LogP contribution is 2.27. The van der Waals surface area contributed by atoms with Gasteiger partial charge in [0.1, 0.15) is 11.9 Å². The molecule has 0 saturated heterocycles. The highest BCUT2D eigenvalue weighted by atomic mass is 32.2. The third-order valence-corrected chi connectivity index (χ3v) is 5.48. The second kappa shape index (κ2) is 8.52. The molecule has 2 rings (SSSR count). The Hall–Kier alpha value is -2.41. The molecule has 1 amide bonds. The fourth-order valence-corrected chi connectivity index (χ4v) is 4.16. The summed E-state index contributed by atoms with van der Waals surface area (Å²) in [6.07, 6.45) is 1.42. The highest BCUT2D eigenvalue weighted by Gasteiger charge is 2.32. The fourth-order valence-electron chi connectivity index (χ4n) is 2.90. The van der Waals surface area contributed by atoms with E-state index < -0.39 is 22.0 Å². The molecule has 0 heterocycles. The normalized spacial score (nSPS) is 12.5. The van der Waals surface area contributed by atoms with Crippen molar-refractivity contribution in [2.24, 2.45) is 0 Å². The van der Waals surface area contributed by atoms with Gasteiger partial charge in [0.15, 0.2) is 0 Å². The predicted octanol–water partition coefficient (Wildman–Crippen LogP) is 3.30. The Balaban J connectivity index is 2.30. The minimum atomic E-state index is -3.68. The SMILES string of the molecule is CC[C@@H](C(=O)NCc1ccc(F)cc1)N(c1cc(C)ccc1C)S(C)(=O)=O. The van der Waals surface area contributed by atoms with E-state index >= 15 is 0 Å². The topological polar surface area (TPSA) is 66.5 Å². The molecule has 1 N–H and O–H groups in total. The second-order valence-electron chi connectivity index (χ2n) is 6.62. The van der Waals surface area contributed by atoms with Gasteiger partial charge < -0.3 is 5.32 Å². The number of amides is 1. The Morgan fingerprint density at radius 1 is 1.15 bits per heavy atom. The zero-order valence-corrected chi connectivity index (χ0v) is 16.8. The molecule has 0 aliphatic rings. The minimum Gasteiger partial charge on any atom is -0.350 e. The maximum absolute atomic E-state index is 13.0. The van der Waals surface area contributed by atoms with E-state index in [1.165, 1.54) is 16.4 Å². The van der Waals surface area contributed by atoms with Crippen LogP contribution in [0.15, 0.2) is 42.5 Å². The van der Waals surface area contributed by atoms with Crippen LogP contribution in [0.4, 0.5) is 10.1 Å². The summed E-state index contributed by atoms with van der Waals surface area (Å²) in [5.74, 6) is -0.747. The van der Waals surface area contributed by atoms with E-state index in [-0.39, 0.29) is 12.4 Å². The van der Waals surface area contributed by atoms with Crippen LogP contribution in [0, 0.1) is 19.7 Å². The summed E-state index contributed by atoms with van der Waals surface area (Å²) in [4.78, 5) is 12.8. The van der Waals surface area contributed by atoms with Gasteiger partial charge in [-0.1, -0.05) is 31.2 Å². The zero-order chi connectivity index (χ0) is 20.2. The van der Waals surface area contributed by atoms with Gasteiger partial charge in [0.2, 0.25) is 15.9 Å². The monoisotopic (exact) mass is 392 g/mol. The van der Waals surface area contributed by atoms with E-state index in [2.05, 4.69) is 5.32 Å². The molecular formula is C20H25FN2O3S. The van der Waals surface area contributed by atoms with Crippen LogP contribution in [0.2, 0.25) is 0 Å². The van der Waals surface area contributed by atoms with Crippen LogP contribution < -0.4 is 9.62 Å². The molecule has 0 radical (unpaired) electrons. The first-order chi connectivity index (χ1) is 12.6. The van der Waals surface area contributed by atoms with Gasteiger partial charge >= 0.3 is 0 Å². The quantitative estimate of drug-likeness (QED) is 0.786. The van der Waals surface area contributed by atoms with Crippen LogP contribution in [-0.4, -0.2) is 26.6 Å². The smallest absolute Gasteiger partial charge is 0.244 e. The zero-order valence-electron chi connectivity index (χ0n) is 16.0. The van der Waals surface area contributed by atoms with Crippen molar-refractivity contribution < 1.29 is 17.6 Å². The summed E-state index contributed by atoms with van der Waals surface area (Å²) in [5.41, 5.74) is 2.92. The number of carbonyl (C=O) groups excluding carboxylic acids is 1. The maximum Gasteiger partial charge on any atom is 0.244 e. The van der Waals surface area contributed by atoms with Crippen molar-refractivity contribution in [2.75, 3.05) is 10.6 Å². The van der Waals surface area contributed by atoms with Crippen molar-refractivity contribution in [1.82, 2.24) is 5.32 Å². The van der Waals surface area contributed by atoms with Gasteiger partial charge in [0.25, 0.3) is 0 Å². The molecule has 0 saturated carbocycles. The van der Waals surface area contributed by atoms with Crippen LogP contribution in [0.1, 0.15) is 30.0 Å². The number of nitrogens with zero attached hydrogens (tertiary/aromatic N) is 1. The molecule has 27 heavy (non-hydrogen) atoms. The van der Waals surface area contributed by atoms with Crippen molar-refractivity contribution in [3.63, 3.8) is 0 Å². The van der Waals surface area contributed by atoms with Crippen LogP contribution in [0.25, 0.3) is 0 Å². The molecule has 0 fully saturated rings. The number of rotatable bonds is 7. The van der Waals surface area contributed by atoms with Crippen molar-refractivity contribution >= 4 is 21.6 Å². The predicted molar refractivity (Wildman–Crippen MR) is 106 cm³/mol. The van der Waals surface area contributed by atoms with Gasteiger partial charge in [-0.05, 0) is 55.2 Å². The summed E-state index contributed by atoms with van der Waals surface area (Å²) in [6, 6.07) is 10.4. The number of hydrogen-bond acceptors (Lipinski definition) is 3. The molecule has 0 aliphatic carbocycles. The average Bonchev–Trinajstić information content (AvgIpc) is 2.60. The minimum absolute atomic E-state index is 0.194. The number of anilines is 1. The molecule has 0 aromatic heterocycles. The van der Waals surface area contributed by atoms with E-state index in [4.69, 9.17) is 0 Å². The molecule has 5 nitrogen and oxygen atoms in total. The van der Waals surface area contributed by atoms with Crippen LogP contribution >= 0.6 is 0 Å². The Morgan fingerprint density at radius 2 is 1.78 bits per heavy atom. The Bertz CT molecular complexity index is 911. The Kier molecular flexibility index (Phi) is 6.59. The van der Waals surface area contributed by atoms with Crippen LogP contribution in [0.5, 0.6) is 0 Å². The molecule has 0 aliphatic heterocycles. The van der Waals surface area contributed by atoms with Crippen molar-refractivity contribution in [1.29, 1.82) is 0 Å². The Labute approximate surface area is 160 Å². The second-order valence-corrected chi connectivity index (χ2v) is 8.48. The number of halogens is 1. The summed E-state index contributed by atoms with van der Waals surface area (Å²) >= 11 is 0. The van der Waals surface area contributed by atoms with E-state index in [1.54, 1.807) is 25.1 Å². The molecule has 0 bridgehead atoms. The summed E-state index contributed by atoms with van der Waals surface area (Å²) in [7, 11) is -3.68. The number of benzene rings is 2. The first-order valence-corrected chi connectivity index (χ1v) is 10.6. The molecule has 0 spiro atoms. The van der Waals surface area contributed by atoms with E-state index in [0.29, 0.717) is 12.1 Å². The van der Waals surface area contributed by atoms with Gasteiger partial charge in [-0.25, -0.2) is 12.8 Å². The first-order valence-electron chi connectivity index (χ1n) is 8.72. The van der Waals surface area contributed by atoms with Gasteiger partial charge in [-0.2, -0.15) is 0 Å². The molecular weight excluding hydrogens is 367 g/mol. The lowest BCUT2D eigenvalue weighted by Crippen LogP contribution is -2.49.